The van der Waals surface area contributed by atoms with E-state index in [2.05, 4.69) is 240 Å². The predicted octanol–water partition coefficient (Wildman–Crippen LogP) is 18.5. The van der Waals surface area contributed by atoms with E-state index in [1.54, 1.807) is 0 Å². The molecule has 0 saturated carbocycles. The molecular formula is C63H38N2OS2. The van der Waals surface area contributed by atoms with Crippen molar-refractivity contribution in [1.82, 2.24) is 0 Å². The molecule has 0 N–H and O–H groups in total. The van der Waals surface area contributed by atoms with Crippen LogP contribution in [0.1, 0.15) is 22.3 Å². The van der Waals surface area contributed by atoms with E-state index in [0.717, 1.165) is 56.4 Å². The quantitative estimate of drug-likeness (QED) is 0.166. The molecule has 3 aromatic heterocycles. The summed E-state index contributed by atoms with van der Waals surface area (Å²) in [6, 6.07) is 84.9. The average Bonchev–Trinajstić information content (AvgIpc) is 4.20. The number of hydrogen-bond acceptors (Lipinski definition) is 5. The van der Waals surface area contributed by atoms with Gasteiger partial charge in [0.15, 0.2) is 0 Å². The Morgan fingerprint density at radius 1 is 0.353 bits per heavy atom. The molecule has 3 nitrogen and oxygen atoms in total. The topological polar surface area (TPSA) is 19.6 Å². The fourth-order valence-electron chi connectivity index (χ4n) is 11.7. The van der Waals surface area contributed by atoms with E-state index < -0.39 is 5.41 Å². The first-order chi connectivity index (χ1) is 33.7. The summed E-state index contributed by atoms with van der Waals surface area (Å²) in [5.41, 5.74) is 15.4. The zero-order chi connectivity index (χ0) is 44.5. The minimum absolute atomic E-state index is 0.697. The van der Waals surface area contributed by atoms with Crippen LogP contribution in [0.15, 0.2) is 235 Å². The molecule has 13 aromatic rings. The molecule has 10 aromatic carbocycles. The van der Waals surface area contributed by atoms with Crippen molar-refractivity contribution in [2.24, 2.45) is 0 Å². The Morgan fingerprint density at radius 2 is 0.926 bits per heavy atom. The van der Waals surface area contributed by atoms with Gasteiger partial charge in [0.05, 0.1) is 21.5 Å². The molecular weight excluding hydrogens is 865 g/mol. The van der Waals surface area contributed by atoms with Gasteiger partial charge in [0, 0.05) is 80.5 Å². The summed E-state index contributed by atoms with van der Waals surface area (Å²) >= 11 is 3.72. The van der Waals surface area contributed by atoms with Crippen molar-refractivity contribution < 1.29 is 4.42 Å². The maximum Gasteiger partial charge on any atom is 0.140 e. The molecule has 68 heavy (non-hydrogen) atoms. The van der Waals surface area contributed by atoms with Gasteiger partial charge < -0.3 is 14.2 Å². The summed E-state index contributed by atoms with van der Waals surface area (Å²) in [5.74, 6) is 0.938. The zero-order valence-corrected chi connectivity index (χ0v) is 38.2. The molecule has 0 bridgehead atoms. The second-order valence-electron chi connectivity index (χ2n) is 17.9. The lowest BCUT2D eigenvalue weighted by Gasteiger charge is -2.33. The van der Waals surface area contributed by atoms with Crippen LogP contribution in [0.3, 0.4) is 0 Å². The van der Waals surface area contributed by atoms with E-state index in [9.17, 15) is 0 Å². The number of para-hydroxylation sites is 3. The molecule has 0 saturated heterocycles. The lowest BCUT2D eigenvalue weighted by atomic mass is 9.70. The second-order valence-corrected chi connectivity index (χ2v) is 20.0. The highest BCUT2D eigenvalue weighted by molar-refractivity contribution is 7.26. The summed E-state index contributed by atoms with van der Waals surface area (Å²) in [7, 11) is 0. The van der Waals surface area contributed by atoms with Gasteiger partial charge >= 0.3 is 0 Å². The van der Waals surface area contributed by atoms with Gasteiger partial charge in [0.25, 0.3) is 0 Å². The maximum absolute atomic E-state index is 7.08. The number of rotatable bonds is 6. The molecule has 1 unspecified atom stereocenters. The molecule has 15 rings (SSSR count). The second kappa shape index (κ2) is 14.4. The molecule has 0 fully saturated rings. The van der Waals surface area contributed by atoms with Crippen molar-refractivity contribution in [3.05, 3.63) is 253 Å². The predicted molar refractivity (Wildman–Crippen MR) is 288 cm³/mol. The fraction of sp³-hybridized carbons (Fsp3) is 0.0159. The highest BCUT2D eigenvalue weighted by Crippen LogP contribution is 2.67. The summed E-state index contributed by atoms with van der Waals surface area (Å²) in [6.45, 7) is 0. The van der Waals surface area contributed by atoms with E-state index in [0.29, 0.717) is 0 Å². The van der Waals surface area contributed by atoms with Crippen LogP contribution in [0.2, 0.25) is 0 Å². The van der Waals surface area contributed by atoms with Crippen LogP contribution in [-0.2, 0) is 5.41 Å². The molecule has 318 valence electrons. The number of benzene rings is 10. The summed E-state index contributed by atoms with van der Waals surface area (Å²) < 4.78 is 12.2. The van der Waals surface area contributed by atoms with Crippen LogP contribution in [-0.4, -0.2) is 0 Å². The van der Waals surface area contributed by atoms with Gasteiger partial charge in [-0.25, -0.2) is 0 Å². The molecule has 2 aliphatic rings. The van der Waals surface area contributed by atoms with Crippen LogP contribution in [0, 0.1) is 0 Å². The summed E-state index contributed by atoms with van der Waals surface area (Å²) in [6.07, 6.45) is 0. The first-order valence-corrected chi connectivity index (χ1v) is 24.8. The van der Waals surface area contributed by atoms with Crippen molar-refractivity contribution in [2.45, 2.75) is 5.41 Å². The van der Waals surface area contributed by atoms with E-state index in [1.807, 2.05) is 22.7 Å². The van der Waals surface area contributed by atoms with Gasteiger partial charge in [0.1, 0.15) is 11.3 Å². The lowest BCUT2D eigenvalue weighted by Crippen LogP contribution is -2.26. The Hall–Kier alpha value is -8.22. The third-order valence-corrected chi connectivity index (χ3v) is 16.8. The Kier molecular flexibility index (Phi) is 8.03. The molecule has 5 heteroatoms. The van der Waals surface area contributed by atoms with Gasteiger partial charge in [-0.15, -0.1) is 22.7 Å². The number of furan rings is 1. The first-order valence-electron chi connectivity index (χ1n) is 23.2. The van der Waals surface area contributed by atoms with Crippen LogP contribution >= 0.6 is 22.7 Å². The van der Waals surface area contributed by atoms with Crippen molar-refractivity contribution in [3.8, 4) is 22.5 Å². The number of fused-ring (bicyclic) bond motifs is 18. The van der Waals surface area contributed by atoms with Gasteiger partial charge in [-0.3, -0.25) is 0 Å². The zero-order valence-electron chi connectivity index (χ0n) is 36.6. The Morgan fingerprint density at radius 3 is 1.74 bits per heavy atom. The maximum atomic E-state index is 7.08. The monoisotopic (exact) mass is 902 g/mol. The standard InChI is InChI=1S/C63H38N2OS2/c1-3-17-39(18-4-1)64(41-34-36-58-49(37-41)44-22-10-13-31-56(44)67-58)53-28-16-27-51-59(53)46-23-7-11-26-50(46)63(51)52-38-42(33-35-47(52)61-60(63)48-24-8-12-30-55(48)66-61)65(40-19-5-2-6-20-40)54-29-15-25-45-43-21-9-14-32-57(43)68-62(45)54/h1-38H. The number of nitrogens with zero attached hydrogens (tertiary/aromatic N) is 2. The highest BCUT2D eigenvalue weighted by Gasteiger charge is 2.55. The third-order valence-electron chi connectivity index (χ3n) is 14.4. The normalized spacial score (nSPS) is 14.5. The molecule has 0 radical (unpaired) electrons. The van der Waals surface area contributed by atoms with Gasteiger partial charge in [-0.1, -0.05) is 140 Å². The van der Waals surface area contributed by atoms with Crippen molar-refractivity contribution in [3.63, 3.8) is 0 Å². The summed E-state index contributed by atoms with van der Waals surface area (Å²) in [5, 5.41) is 6.26. The average molecular weight is 903 g/mol. The minimum Gasteiger partial charge on any atom is -0.456 e. The van der Waals surface area contributed by atoms with Crippen LogP contribution in [0.4, 0.5) is 34.1 Å². The van der Waals surface area contributed by atoms with Crippen molar-refractivity contribution in [2.75, 3.05) is 9.80 Å². The highest BCUT2D eigenvalue weighted by atomic mass is 32.1. The molecule has 1 spiro atoms. The Balaban J connectivity index is 1.02. The number of anilines is 6. The van der Waals surface area contributed by atoms with Gasteiger partial charge in [0.2, 0.25) is 0 Å². The SMILES string of the molecule is c1ccc(N(c2ccc3sc4ccccc4c3c2)c2cccc3c2-c2ccccc2C32c3cc(N(c4ccccc4)c4cccc5c4sc4ccccc45)ccc3-c3oc4ccccc4c32)cc1. The third kappa shape index (κ3) is 5.17. The molecule has 3 heterocycles. The van der Waals surface area contributed by atoms with Gasteiger partial charge in [-0.2, -0.15) is 0 Å². The van der Waals surface area contributed by atoms with Gasteiger partial charge in [-0.05, 0) is 113 Å². The Labute approximate surface area is 400 Å². The smallest absolute Gasteiger partial charge is 0.140 e. The first kappa shape index (κ1) is 37.9. The van der Waals surface area contributed by atoms with E-state index in [-0.39, 0.29) is 0 Å². The fourth-order valence-corrected chi connectivity index (χ4v) is 14.0. The van der Waals surface area contributed by atoms with Crippen molar-refractivity contribution >= 4 is 108 Å². The van der Waals surface area contributed by atoms with Crippen LogP contribution in [0.5, 0.6) is 0 Å². The number of hydrogen-bond donors (Lipinski definition) is 0. The van der Waals surface area contributed by atoms with E-state index >= 15 is 0 Å². The molecule has 2 aliphatic carbocycles. The Bertz CT molecular complexity index is 4180. The minimum atomic E-state index is -0.697. The summed E-state index contributed by atoms with van der Waals surface area (Å²) in [4.78, 5) is 4.94. The number of thiophene rings is 2. The lowest BCUT2D eigenvalue weighted by molar-refractivity contribution is 0.628. The van der Waals surface area contributed by atoms with Crippen LogP contribution in [0.25, 0.3) is 73.8 Å². The molecule has 0 aliphatic heterocycles. The van der Waals surface area contributed by atoms with Crippen LogP contribution < -0.4 is 9.80 Å². The van der Waals surface area contributed by atoms with E-state index in [4.69, 9.17) is 4.42 Å². The molecule has 0 amide bonds. The van der Waals surface area contributed by atoms with E-state index in [1.165, 1.54) is 73.7 Å². The van der Waals surface area contributed by atoms with Crippen molar-refractivity contribution in [1.29, 1.82) is 0 Å². The largest absolute Gasteiger partial charge is 0.456 e. The molecule has 1 atom stereocenters.